The predicted molar refractivity (Wildman–Crippen MR) is 110 cm³/mol. The van der Waals surface area contributed by atoms with Crippen LogP contribution >= 0.6 is 11.5 Å². The Balaban J connectivity index is 1.91. The van der Waals surface area contributed by atoms with Gasteiger partial charge in [0.25, 0.3) is 5.91 Å². The number of anilines is 3. The summed E-state index contributed by atoms with van der Waals surface area (Å²) in [5.41, 5.74) is 12.8. The van der Waals surface area contributed by atoms with E-state index >= 15 is 0 Å². The van der Waals surface area contributed by atoms with Crippen molar-refractivity contribution in [3.8, 4) is 0 Å². The molecular weight excluding hydrogens is 395 g/mol. The molecule has 0 saturated heterocycles. The van der Waals surface area contributed by atoms with Gasteiger partial charge in [-0.15, -0.1) is 0 Å². The molecule has 10 heteroatoms. The molecule has 0 bridgehead atoms. The van der Waals surface area contributed by atoms with E-state index in [-0.39, 0.29) is 23.4 Å². The quantitative estimate of drug-likeness (QED) is 0.447. The maximum Gasteiger partial charge on any atom is 0.250 e. The van der Waals surface area contributed by atoms with Crippen molar-refractivity contribution >= 4 is 39.7 Å². The molecular formula is C19H19FN6O2S. The summed E-state index contributed by atoms with van der Waals surface area (Å²) in [5.74, 6) is -2.17. The fraction of sp³-hybridized carbons (Fsp3) is 0.158. The number of primary amides is 2. The first-order valence-electron chi connectivity index (χ1n) is 8.62. The molecule has 6 N–H and O–H groups in total. The summed E-state index contributed by atoms with van der Waals surface area (Å²) in [5, 5.41) is 6.50. The number of carbonyl (C=O) groups is 2. The maximum atomic E-state index is 14.6. The monoisotopic (exact) mass is 414 g/mol. The zero-order valence-corrected chi connectivity index (χ0v) is 16.3. The van der Waals surface area contributed by atoms with Crippen LogP contribution in [0.2, 0.25) is 0 Å². The van der Waals surface area contributed by atoms with Gasteiger partial charge in [0.05, 0.1) is 22.6 Å². The van der Waals surface area contributed by atoms with Crippen LogP contribution in [0.4, 0.5) is 20.8 Å². The summed E-state index contributed by atoms with van der Waals surface area (Å²) >= 11 is 1.19. The number of rotatable bonds is 8. The second-order valence-corrected chi connectivity index (χ2v) is 7.16. The summed E-state index contributed by atoms with van der Waals surface area (Å²) < 4.78 is 18.8. The molecule has 2 amide bonds. The highest BCUT2D eigenvalue weighted by atomic mass is 32.1. The van der Waals surface area contributed by atoms with Crippen molar-refractivity contribution in [2.45, 2.75) is 19.4 Å². The molecule has 0 aliphatic carbocycles. The molecule has 0 saturated carbocycles. The van der Waals surface area contributed by atoms with Crippen LogP contribution < -0.4 is 22.1 Å². The summed E-state index contributed by atoms with van der Waals surface area (Å²) in [7, 11) is 0. The van der Waals surface area contributed by atoms with Gasteiger partial charge in [0.2, 0.25) is 5.91 Å². The van der Waals surface area contributed by atoms with E-state index in [2.05, 4.69) is 20.0 Å². The van der Waals surface area contributed by atoms with Crippen LogP contribution in [0.1, 0.15) is 21.6 Å². The molecule has 0 spiro atoms. The Morgan fingerprint density at radius 2 is 1.90 bits per heavy atom. The van der Waals surface area contributed by atoms with Crippen LogP contribution in [0.25, 0.3) is 0 Å². The van der Waals surface area contributed by atoms with E-state index in [1.54, 1.807) is 30.6 Å². The lowest BCUT2D eigenvalue weighted by molar-refractivity contribution is -0.118. The Morgan fingerprint density at radius 3 is 2.48 bits per heavy atom. The number of aryl methyl sites for hydroxylation is 1. The van der Waals surface area contributed by atoms with Crippen molar-refractivity contribution in [2.75, 3.05) is 10.6 Å². The van der Waals surface area contributed by atoms with E-state index in [9.17, 15) is 14.0 Å². The Bertz CT molecular complexity index is 1040. The van der Waals surface area contributed by atoms with Gasteiger partial charge in [-0.05, 0) is 54.4 Å². The minimum absolute atomic E-state index is 0.0107. The summed E-state index contributed by atoms with van der Waals surface area (Å²) in [6.07, 6.45) is 3.43. The van der Waals surface area contributed by atoms with Gasteiger partial charge in [0.1, 0.15) is 16.9 Å². The molecule has 3 aromatic rings. The minimum atomic E-state index is -0.871. The van der Waals surface area contributed by atoms with Gasteiger partial charge in [-0.2, -0.15) is 4.37 Å². The number of benzene rings is 1. The molecule has 0 unspecified atom stereocenters. The Morgan fingerprint density at radius 1 is 1.17 bits per heavy atom. The van der Waals surface area contributed by atoms with E-state index < -0.39 is 23.7 Å². The second-order valence-electron chi connectivity index (χ2n) is 6.36. The fourth-order valence-electron chi connectivity index (χ4n) is 2.71. The lowest BCUT2D eigenvalue weighted by Gasteiger charge is -2.19. The van der Waals surface area contributed by atoms with E-state index in [1.165, 1.54) is 17.6 Å². The number of amides is 2. The number of halogens is 1. The maximum absolute atomic E-state index is 14.6. The van der Waals surface area contributed by atoms with Gasteiger partial charge < -0.3 is 22.1 Å². The molecule has 2 aromatic heterocycles. The van der Waals surface area contributed by atoms with Crippen molar-refractivity contribution in [1.82, 2.24) is 9.36 Å². The van der Waals surface area contributed by atoms with Crippen LogP contribution in [0.5, 0.6) is 0 Å². The minimum Gasteiger partial charge on any atom is -0.371 e. The van der Waals surface area contributed by atoms with Gasteiger partial charge in [0, 0.05) is 18.8 Å². The van der Waals surface area contributed by atoms with E-state index in [0.717, 1.165) is 17.3 Å². The van der Waals surface area contributed by atoms with Crippen molar-refractivity contribution < 1.29 is 14.0 Å². The van der Waals surface area contributed by atoms with E-state index in [1.807, 2.05) is 6.92 Å². The average Bonchev–Trinajstić information content (AvgIpc) is 3.08. The molecule has 0 aliphatic rings. The molecule has 1 atom stereocenters. The summed E-state index contributed by atoms with van der Waals surface area (Å²) in [6.45, 7) is 1.82. The lowest BCUT2D eigenvalue weighted by Crippen LogP contribution is -2.37. The topological polar surface area (TPSA) is 136 Å². The number of hydrogen-bond donors (Lipinski definition) is 4. The van der Waals surface area contributed by atoms with Gasteiger partial charge in [-0.3, -0.25) is 14.6 Å². The third-order valence-corrected chi connectivity index (χ3v) is 4.92. The highest BCUT2D eigenvalue weighted by molar-refractivity contribution is 7.10. The molecule has 2 heterocycles. The lowest BCUT2D eigenvalue weighted by atomic mass is 10.1. The number of nitrogens with zero attached hydrogens (tertiary/aromatic N) is 2. The van der Waals surface area contributed by atoms with Crippen LogP contribution in [-0.2, 0) is 11.2 Å². The Hall–Kier alpha value is -3.53. The Kier molecular flexibility index (Phi) is 6.03. The molecule has 0 radical (unpaired) electrons. The van der Waals surface area contributed by atoms with Crippen molar-refractivity contribution in [3.05, 3.63) is 65.4 Å². The smallest absolute Gasteiger partial charge is 0.250 e. The molecule has 150 valence electrons. The number of hydrogen-bond acceptors (Lipinski definition) is 7. The van der Waals surface area contributed by atoms with Crippen molar-refractivity contribution in [2.24, 2.45) is 11.5 Å². The number of nitrogens with two attached hydrogens (primary N) is 2. The van der Waals surface area contributed by atoms with Crippen molar-refractivity contribution in [1.29, 1.82) is 0 Å². The first kappa shape index (κ1) is 20.2. The van der Waals surface area contributed by atoms with Crippen LogP contribution in [0.15, 0.2) is 42.7 Å². The summed E-state index contributed by atoms with van der Waals surface area (Å²) in [6, 6.07) is 6.79. The molecule has 0 aliphatic heterocycles. The molecule has 1 aromatic carbocycles. The first-order valence-corrected chi connectivity index (χ1v) is 9.39. The number of carbonyl (C=O) groups excluding carboxylic acids is 2. The SMILES string of the molecule is Cc1cc(Nc2cc(N[C@H](Cc3ccncc3)C(N)=O)c(F)cc2C(N)=O)sn1. The van der Waals surface area contributed by atoms with Gasteiger partial charge >= 0.3 is 0 Å². The molecule has 8 nitrogen and oxygen atoms in total. The number of nitrogens with one attached hydrogen (secondary N) is 2. The van der Waals surface area contributed by atoms with Crippen LogP contribution in [0.3, 0.4) is 0 Å². The average molecular weight is 414 g/mol. The van der Waals surface area contributed by atoms with Gasteiger partial charge in [-0.25, -0.2) is 4.39 Å². The molecule has 29 heavy (non-hydrogen) atoms. The van der Waals surface area contributed by atoms with Gasteiger partial charge in [0.15, 0.2) is 0 Å². The zero-order chi connectivity index (χ0) is 21.0. The van der Waals surface area contributed by atoms with E-state index in [0.29, 0.717) is 5.00 Å². The Labute approximate surface area is 170 Å². The molecule has 0 fully saturated rings. The number of aromatic nitrogens is 2. The largest absolute Gasteiger partial charge is 0.371 e. The number of pyridine rings is 1. The van der Waals surface area contributed by atoms with E-state index in [4.69, 9.17) is 11.5 Å². The zero-order valence-electron chi connectivity index (χ0n) is 15.5. The van der Waals surface area contributed by atoms with Crippen LogP contribution in [-0.4, -0.2) is 27.2 Å². The highest BCUT2D eigenvalue weighted by Crippen LogP contribution is 2.29. The third-order valence-electron chi connectivity index (χ3n) is 4.12. The normalized spacial score (nSPS) is 11.7. The van der Waals surface area contributed by atoms with Crippen LogP contribution in [0, 0.1) is 12.7 Å². The summed E-state index contributed by atoms with van der Waals surface area (Å²) in [4.78, 5) is 27.6. The second kappa shape index (κ2) is 8.65. The predicted octanol–water partition coefficient (Wildman–Crippen LogP) is 2.34. The van der Waals surface area contributed by atoms with Crippen molar-refractivity contribution in [3.63, 3.8) is 0 Å². The molecule has 3 rings (SSSR count). The fourth-order valence-corrected chi connectivity index (χ4v) is 3.39. The van der Waals surface area contributed by atoms with Gasteiger partial charge in [-0.1, -0.05) is 0 Å². The highest BCUT2D eigenvalue weighted by Gasteiger charge is 2.20. The third kappa shape index (κ3) is 5.05. The first-order chi connectivity index (χ1) is 13.8. The standard InChI is InChI=1S/C19H19FN6O2S/c1-10-6-17(29-26-10)25-14-9-15(13(20)8-12(14)18(21)27)24-16(19(22)28)7-11-2-4-23-5-3-11/h2-6,8-9,16,24-25H,7H2,1H3,(H2,21,27)(H2,22,28)/t16-/m1/s1.